The Hall–Kier alpha value is -2.37. The number of imidazole rings is 1. The summed E-state index contributed by atoms with van der Waals surface area (Å²) < 4.78 is 6.99. The van der Waals surface area contributed by atoms with Gasteiger partial charge < -0.3 is 13.9 Å². The molecule has 6 heteroatoms. The molecule has 3 rings (SSSR count). The van der Waals surface area contributed by atoms with Crippen molar-refractivity contribution in [2.45, 2.75) is 25.7 Å². The van der Waals surface area contributed by atoms with E-state index in [4.69, 9.17) is 4.42 Å². The maximum atomic E-state index is 12.6. The summed E-state index contributed by atoms with van der Waals surface area (Å²) in [5, 5.41) is 0. The number of likely N-dealkylation sites (tertiary alicyclic amines) is 1. The largest absolute Gasteiger partial charge is 0.469 e. The highest BCUT2D eigenvalue weighted by atomic mass is 16.3. The number of hydrogen-bond acceptors (Lipinski definition) is 4. The maximum absolute atomic E-state index is 12.6. The van der Waals surface area contributed by atoms with Gasteiger partial charge in [-0.2, -0.15) is 0 Å². The lowest BCUT2D eigenvalue weighted by Gasteiger charge is -2.32. The van der Waals surface area contributed by atoms with Crippen molar-refractivity contribution in [2.24, 2.45) is 13.0 Å². The van der Waals surface area contributed by atoms with Crippen LogP contribution in [0, 0.1) is 5.92 Å². The van der Waals surface area contributed by atoms with Crippen molar-refractivity contribution in [1.82, 2.24) is 14.5 Å². The predicted molar refractivity (Wildman–Crippen MR) is 83.9 cm³/mol. The minimum atomic E-state index is -0.155. The van der Waals surface area contributed by atoms with Crippen molar-refractivity contribution in [2.75, 3.05) is 13.1 Å². The molecule has 1 saturated heterocycles. The van der Waals surface area contributed by atoms with E-state index in [-0.39, 0.29) is 17.6 Å². The number of carbonyl (C=O) groups is 2. The molecular weight excluding hydrogens is 294 g/mol. The van der Waals surface area contributed by atoms with Crippen molar-refractivity contribution >= 4 is 11.7 Å². The summed E-state index contributed by atoms with van der Waals surface area (Å²) in [6, 6.07) is 3.69. The number of furan rings is 1. The fraction of sp³-hybridized carbons (Fsp3) is 0.471. The Morgan fingerprint density at radius 2 is 2.30 bits per heavy atom. The number of piperidine rings is 1. The van der Waals surface area contributed by atoms with Crippen LogP contribution in [0.2, 0.25) is 0 Å². The summed E-state index contributed by atoms with van der Waals surface area (Å²) in [6.45, 7) is 1.21. The molecule has 23 heavy (non-hydrogen) atoms. The molecule has 122 valence electrons. The Balaban J connectivity index is 1.58. The predicted octanol–water partition coefficient (Wildman–Crippen LogP) is 2.07. The van der Waals surface area contributed by atoms with Gasteiger partial charge in [-0.15, -0.1) is 0 Å². The van der Waals surface area contributed by atoms with Crippen LogP contribution < -0.4 is 0 Å². The highest BCUT2D eigenvalue weighted by Crippen LogP contribution is 2.21. The second-order valence-corrected chi connectivity index (χ2v) is 5.98. The van der Waals surface area contributed by atoms with Gasteiger partial charge in [-0.25, -0.2) is 4.98 Å². The average Bonchev–Trinajstić information content (AvgIpc) is 3.23. The lowest BCUT2D eigenvalue weighted by Crippen LogP contribution is -2.42. The molecule has 1 aliphatic heterocycles. The summed E-state index contributed by atoms with van der Waals surface area (Å²) in [5.74, 6) is 1.24. The van der Waals surface area contributed by atoms with E-state index in [0.29, 0.717) is 25.2 Å². The highest BCUT2D eigenvalue weighted by molar-refractivity contribution is 5.95. The van der Waals surface area contributed by atoms with Crippen LogP contribution in [0.1, 0.15) is 35.6 Å². The molecule has 0 saturated carbocycles. The Morgan fingerprint density at radius 1 is 1.43 bits per heavy atom. The summed E-state index contributed by atoms with van der Waals surface area (Å²) in [6.07, 6.45) is 7.69. The first-order valence-corrected chi connectivity index (χ1v) is 7.97. The zero-order valence-electron chi connectivity index (χ0n) is 13.3. The fourth-order valence-electron chi connectivity index (χ4n) is 3.05. The molecule has 0 aliphatic carbocycles. The second-order valence-electron chi connectivity index (χ2n) is 5.98. The quantitative estimate of drug-likeness (QED) is 0.792. The number of rotatable bonds is 5. The van der Waals surface area contributed by atoms with E-state index < -0.39 is 0 Å². The van der Waals surface area contributed by atoms with E-state index in [1.54, 1.807) is 28.1 Å². The minimum Gasteiger partial charge on any atom is -0.469 e. The van der Waals surface area contributed by atoms with Crippen molar-refractivity contribution in [3.05, 3.63) is 42.4 Å². The molecule has 0 radical (unpaired) electrons. The zero-order valence-corrected chi connectivity index (χ0v) is 13.3. The Labute approximate surface area is 135 Å². The molecule has 0 aromatic carbocycles. The summed E-state index contributed by atoms with van der Waals surface area (Å²) in [7, 11) is 1.81. The molecular formula is C17H21N3O3. The molecule has 1 amide bonds. The maximum Gasteiger partial charge on any atom is 0.223 e. The number of carbonyl (C=O) groups excluding carboxylic acids is 2. The van der Waals surface area contributed by atoms with E-state index in [0.717, 1.165) is 25.1 Å². The van der Waals surface area contributed by atoms with Crippen molar-refractivity contribution in [3.8, 4) is 0 Å². The number of aromatic nitrogens is 2. The van der Waals surface area contributed by atoms with Gasteiger partial charge >= 0.3 is 0 Å². The molecule has 6 nitrogen and oxygen atoms in total. The molecule has 0 bridgehead atoms. The topological polar surface area (TPSA) is 68.3 Å². The molecule has 2 aromatic heterocycles. The molecule has 1 atom stereocenters. The van der Waals surface area contributed by atoms with Gasteiger partial charge in [0.25, 0.3) is 0 Å². The van der Waals surface area contributed by atoms with E-state index in [1.165, 1.54) is 0 Å². The Bertz CT molecular complexity index is 675. The number of aryl methyl sites for hydroxylation is 2. The molecule has 2 aromatic rings. The first-order valence-electron chi connectivity index (χ1n) is 7.97. The van der Waals surface area contributed by atoms with Gasteiger partial charge in [0, 0.05) is 51.3 Å². The fourth-order valence-corrected chi connectivity index (χ4v) is 3.05. The molecule has 0 N–H and O–H groups in total. The van der Waals surface area contributed by atoms with Gasteiger partial charge in [0.15, 0.2) is 5.82 Å². The Morgan fingerprint density at radius 3 is 3.00 bits per heavy atom. The van der Waals surface area contributed by atoms with Crippen LogP contribution in [0.25, 0.3) is 0 Å². The van der Waals surface area contributed by atoms with E-state index in [2.05, 4.69) is 4.98 Å². The van der Waals surface area contributed by atoms with E-state index in [9.17, 15) is 9.59 Å². The number of amides is 1. The monoisotopic (exact) mass is 315 g/mol. The number of Topliss-reactive ketones (excluding diaryl/α,β-unsaturated/α-hetero) is 1. The second kappa shape index (κ2) is 6.81. The van der Waals surface area contributed by atoms with Crippen LogP contribution in [-0.4, -0.2) is 39.2 Å². The van der Waals surface area contributed by atoms with Crippen LogP contribution in [-0.2, 0) is 18.3 Å². The third-order valence-corrected chi connectivity index (χ3v) is 4.35. The summed E-state index contributed by atoms with van der Waals surface area (Å²) >= 11 is 0. The van der Waals surface area contributed by atoms with Gasteiger partial charge in [0.05, 0.1) is 6.26 Å². The minimum absolute atomic E-state index is 0.0287. The lowest BCUT2D eigenvalue weighted by molar-refractivity contribution is -0.132. The normalized spacial score (nSPS) is 18.1. The number of nitrogens with zero attached hydrogens (tertiary/aromatic N) is 3. The highest BCUT2D eigenvalue weighted by Gasteiger charge is 2.30. The van der Waals surface area contributed by atoms with Crippen LogP contribution >= 0.6 is 0 Å². The van der Waals surface area contributed by atoms with Gasteiger partial charge in [-0.3, -0.25) is 9.59 Å². The summed E-state index contributed by atoms with van der Waals surface area (Å²) in [5.41, 5.74) is 0. The van der Waals surface area contributed by atoms with Crippen molar-refractivity contribution < 1.29 is 14.0 Å². The molecule has 0 spiro atoms. The van der Waals surface area contributed by atoms with Crippen LogP contribution in [0.4, 0.5) is 0 Å². The van der Waals surface area contributed by atoms with Gasteiger partial charge in [-0.05, 0) is 25.0 Å². The van der Waals surface area contributed by atoms with E-state index >= 15 is 0 Å². The molecule has 0 unspecified atom stereocenters. The van der Waals surface area contributed by atoms with Gasteiger partial charge in [0.2, 0.25) is 11.7 Å². The average molecular weight is 315 g/mol. The smallest absolute Gasteiger partial charge is 0.223 e. The lowest BCUT2D eigenvalue weighted by atomic mass is 9.93. The van der Waals surface area contributed by atoms with E-state index in [1.807, 2.05) is 19.2 Å². The van der Waals surface area contributed by atoms with Crippen molar-refractivity contribution in [1.29, 1.82) is 0 Å². The molecule has 3 heterocycles. The third-order valence-electron chi connectivity index (χ3n) is 4.35. The van der Waals surface area contributed by atoms with Crippen LogP contribution in [0.15, 0.2) is 35.2 Å². The van der Waals surface area contributed by atoms with Crippen LogP contribution in [0.5, 0.6) is 0 Å². The Kier molecular flexibility index (Phi) is 4.60. The first-order chi connectivity index (χ1) is 11.1. The number of hydrogen-bond donors (Lipinski definition) is 0. The standard InChI is InChI=1S/C17H21N3O3/c1-19-10-8-18-17(19)16(22)13-4-2-9-20(12-13)15(21)7-6-14-5-3-11-23-14/h3,5,8,10-11,13H,2,4,6-7,9,12H2,1H3/t13-/m0/s1. The van der Waals surface area contributed by atoms with Crippen molar-refractivity contribution in [3.63, 3.8) is 0 Å². The summed E-state index contributed by atoms with van der Waals surface area (Å²) in [4.78, 5) is 30.9. The van der Waals surface area contributed by atoms with Gasteiger partial charge in [0.1, 0.15) is 5.76 Å². The molecule has 1 aliphatic rings. The zero-order chi connectivity index (χ0) is 16.2. The number of ketones is 1. The molecule has 1 fully saturated rings. The third kappa shape index (κ3) is 3.52. The SMILES string of the molecule is Cn1ccnc1C(=O)[C@H]1CCCN(C(=O)CCc2ccco2)C1. The first kappa shape index (κ1) is 15.5. The van der Waals surface area contributed by atoms with Gasteiger partial charge in [-0.1, -0.05) is 0 Å². The van der Waals surface area contributed by atoms with Crippen LogP contribution in [0.3, 0.4) is 0 Å².